The van der Waals surface area contributed by atoms with Gasteiger partial charge in [0.15, 0.2) is 6.29 Å². The first-order valence-corrected chi connectivity index (χ1v) is 15.2. The van der Waals surface area contributed by atoms with E-state index in [2.05, 4.69) is 0 Å². The van der Waals surface area contributed by atoms with Crippen LogP contribution in [0.25, 0.3) is 0 Å². The molecule has 12 nitrogen and oxygen atoms in total. The van der Waals surface area contributed by atoms with Crippen LogP contribution >= 0.6 is 0 Å². The second-order valence-electron chi connectivity index (χ2n) is 14.3. The number of aliphatic hydroxyl groups excluding tert-OH is 3. The Morgan fingerprint density at radius 1 is 1.11 bits per heavy atom. The number of allylic oxidation sites excluding steroid dienone is 1. The monoisotopic (exact) mass is 618 g/mol. The van der Waals surface area contributed by atoms with Crippen LogP contribution in [0.1, 0.15) is 54.4 Å². The maximum Gasteiger partial charge on any atom is 0.333 e. The van der Waals surface area contributed by atoms with Crippen LogP contribution in [0.3, 0.4) is 0 Å². The van der Waals surface area contributed by atoms with Crippen molar-refractivity contribution in [2.75, 3.05) is 13.7 Å². The van der Waals surface area contributed by atoms with Crippen molar-refractivity contribution in [2.45, 2.75) is 97.0 Å². The Balaban J connectivity index is 1.62. The minimum absolute atomic E-state index is 0.0408. The third-order valence-electron chi connectivity index (χ3n) is 12.7. The Kier molecular flexibility index (Phi) is 6.99. The number of methoxy groups -OCH3 is 1. The quantitative estimate of drug-likeness (QED) is 0.227. The zero-order valence-corrected chi connectivity index (χ0v) is 26.1. The van der Waals surface area contributed by atoms with Crippen LogP contribution in [0.5, 0.6) is 0 Å². The van der Waals surface area contributed by atoms with Crippen molar-refractivity contribution in [1.29, 1.82) is 0 Å². The number of Topliss-reactive ketones (excluding diaryl/α,β-unsaturated/α-hetero) is 1. The lowest BCUT2D eigenvalue weighted by Crippen LogP contribution is -2.76. The van der Waals surface area contributed by atoms with Gasteiger partial charge < -0.3 is 43.8 Å². The largest absolute Gasteiger partial charge is 0.456 e. The second-order valence-corrected chi connectivity index (χ2v) is 14.3. The number of carbonyl (C=O) groups is 4. The molecule has 14 atom stereocenters. The summed E-state index contributed by atoms with van der Waals surface area (Å²) in [5.41, 5.74) is -6.91. The summed E-state index contributed by atoms with van der Waals surface area (Å²) in [5, 5.41) is 34.7. The van der Waals surface area contributed by atoms with E-state index in [-0.39, 0.29) is 30.8 Å². The number of carbonyl (C=O) groups excluding carboxylic acids is 4. The predicted octanol–water partition coefficient (Wildman–Crippen LogP) is 0.991. The summed E-state index contributed by atoms with van der Waals surface area (Å²) in [6.07, 6.45) is -4.21. The lowest BCUT2D eigenvalue weighted by Gasteiger charge is -2.64. The fourth-order valence-corrected chi connectivity index (χ4v) is 10.8. The lowest BCUT2D eigenvalue weighted by molar-refractivity contribution is -0.259. The van der Waals surface area contributed by atoms with E-state index < -0.39 is 93.9 Å². The minimum atomic E-state index is -1.97. The van der Waals surface area contributed by atoms with Crippen LogP contribution in [0.4, 0.5) is 0 Å². The van der Waals surface area contributed by atoms with Crippen LogP contribution in [0.2, 0.25) is 0 Å². The van der Waals surface area contributed by atoms with Crippen molar-refractivity contribution in [1.82, 2.24) is 0 Å². The molecule has 6 rings (SSSR count). The van der Waals surface area contributed by atoms with Crippen molar-refractivity contribution >= 4 is 24.0 Å². The SMILES string of the molecule is C/C=C(\C)C(=O)O[C@@H]1[C@@H]2OC[C@]3(C)[C@H](OC)CC(=O)[C@@](C)([C@@H]23)[C@@H]2[C@@H](O)O[C@@]3([C@@H](O)C[C@@H](C4=CC(=O)OC4O)[C@]3(C)C=O)[C@]12C. The zero-order chi connectivity index (χ0) is 32.4. The van der Waals surface area contributed by atoms with Gasteiger partial charge in [-0.15, -0.1) is 0 Å². The number of rotatable bonds is 5. The molecule has 3 heterocycles. The smallest absolute Gasteiger partial charge is 0.333 e. The molecular weight excluding hydrogens is 576 g/mol. The van der Waals surface area contributed by atoms with Gasteiger partial charge in [-0.05, 0) is 27.2 Å². The van der Waals surface area contributed by atoms with E-state index in [1.54, 1.807) is 33.8 Å². The summed E-state index contributed by atoms with van der Waals surface area (Å²) in [4.78, 5) is 53.3. The molecule has 0 aromatic heterocycles. The van der Waals surface area contributed by atoms with Crippen LogP contribution in [-0.4, -0.2) is 95.6 Å². The Hall–Kier alpha value is -2.48. The molecule has 1 unspecified atom stereocenters. The molecule has 0 aromatic carbocycles. The van der Waals surface area contributed by atoms with Gasteiger partial charge in [-0.1, -0.05) is 26.8 Å². The van der Waals surface area contributed by atoms with Gasteiger partial charge in [-0.3, -0.25) is 4.79 Å². The van der Waals surface area contributed by atoms with Crippen LogP contribution < -0.4 is 0 Å². The molecule has 0 bridgehead atoms. The summed E-state index contributed by atoms with van der Waals surface area (Å²) in [6.45, 7) is 10.4. The standard InChI is InChI=1S/C32H42O12/c1-8-14(2)25(37)43-24-21-22-28(3,13-41-21)19(40-7)11-17(34)30(22,5)23-27(39)44-32(31(23,24)6)18(35)10-16(29(32,4)12-33)15-9-20(36)42-26(15)38/h8-9,12,16,18-19,21-24,26-27,35,38-39H,10-11,13H2,1-7H3/b14-8+/t16-,18-,19+,21+,22-,23-,24+,26?,27-,28+,29-,30-,31-,32+/m0/s1. The molecular formula is C32H42O12. The maximum absolute atomic E-state index is 14.3. The summed E-state index contributed by atoms with van der Waals surface area (Å²) in [6, 6.07) is 0. The van der Waals surface area contributed by atoms with Crippen molar-refractivity contribution in [3.63, 3.8) is 0 Å². The maximum atomic E-state index is 14.3. The molecule has 3 N–H and O–H groups in total. The Morgan fingerprint density at radius 2 is 1.80 bits per heavy atom. The average molecular weight is 619 g/mol. The number of ether oxygens (including phenoxy) is 5. The van der Waals surface area contributed by atoms with Gasteiger partial charge in [0, 0.05) is 64.8 Å². The number of hydrogen-bond donors (Lipinski definition) is 3. The fourth-order valence-electron chi connectivity index (χ4n) is 10.8. The van der Waals surface area contributed by atoms with Gasteiger partial charge in [-0.2, -0.15) is 0 Å². The molecule has 1 spiro atoms. The molecule has 44 heavy (non-hydrogen) atoms. The molecule has 242 valence electrons. The Morgan fingerprint density at radius 3 is 2.36 bits per heavy atom. The molecule has 0 aromatic rings. The van der Waals surface area contributed by atoms with Gasteiger partial charge >= 0.3 is 11.9 Å². The Bertz CT molecular complexity index is 1370. The molecule has 2 saturated heterocycles. The van der Waals surface area contributed by atoms with Gasteiger partial charge in [-0.25, -0.2) is 9.59 Å². The normalized spacial score (nSPS) is 52.9. The van der Waals surface area contributed by atoms with E-state index in [9.17, 15) is 34.5 Å². The number of esters is 2. The highest BCUT2D eigenvalue weighted by Gasteiger charge is 2.87. The number of ketones is 1. The van der Waals surface area contributed by atoms with Crippen molar-refractivity contribution in [3.8, 4) is 0 Å². The molecule has 5 fully saturated rings. The average Bonchev–Trinajstić information content (AvgIpc) is 3.65. The van der Waals surface area contributed by atoms with Gasteiger partial charge in [0.2, 0.25) is 6.29 Å². The molecule has 0 radical (unpaired) electrons. The molecule has 12 heteroatoms. The van der Waals surface area contributed by atoms with Crippen LogP contribution in [0, 0.1) is 39.4 Å². The van der Waals surface area contributed by atoms with E-state index in [0.29, 0.717) is 11.9 Å². The summed E-state index contributed by atoms with van der Waals surface area (Å²) in [7, 11) is 1.53. The molecule has 3 aliphatic heterocycles. The number of aliphatic hydroxyl groups is 3. The number of cyclic esters (lactones) is 1. The minimum Gasteiger partial charge on any atom is -0.456 e. The molecule has 3 aliphatic carbocycles. The van der Waals surface area contributed by atoms with E-state index in [1.165, 1.54) is 14.0 Å². The predicted molar refractivity (Wildman–Crippen MR) is 149 cm³/mol. The highest BCUT2D eigenvalue weighted by Crippen LogP contribution is 2.77. The highest BCUT2D eigenvalue weighted by atomic mass is 16.6. The second kappa shape index (κ2) is 9.76. The fraction of sp³-hybridized carbons (Fsp3) is 0.750. The van der Waals surface area contributed by atoms with E-state index >= 15 is 0 Å². The topological polar surface area (TPSA) is 175 Å². The summed E-state index contributed by atoms with van der Waals surface area (Å²) in [5.74, 6) is -4.28. The van der Waals surface area contributed by atoms with Gasteiger partial charge in [0.1, 0.15) is 23.8 Å². The molecule has 3 saturated carbocycles. The third-order valence-corrected chi connectivity index (χ3v) is 12.7. The number of hydrogen-bond acceptors (Lipinski definition) is 12. The van der Waals surface area contributed by atoms with Crippen LogP contribution in [-0.2, 0) is 42.9 Å². The molecule has 6 aliphatic rings. The lowest BCUT2D eigenvalue weighted by atomic mass is 9.38. The first-order valence-electron chi connectivity index (χ1n) is 15.2. The van der Waals surface area contributed by atoms with Gasteiger partial charge in [0.25, 0.3) is 0 Å². The van der Waals surface area contributed by atoms with Crippen LogP contribution in [0.15, 0.2) is 23.3 Å². The van der Waals surface area contributed by atoms with Crippen molar-refractivity contribution < 1.29 is 58.2 Å². The van der Waals surface area contributed by atoms with E-state index in [1.807, 2.05) is 6.92 Å². The third kappa shape index (κ3) is 3.39. The van der Waals surface area contributed by atoms with Gasteiger partial charge in [0.05, 0.1) is 30.3 Å². The zero-order valence-electron chi connectivity index (χ0n) is 26.1. The summed E-state index contributed by atoms with van der Waals surface area (Å²) >= 11 is 0. The number of fused-ring (bicyclic) bond motifs is 3. The Labute approximate surface area is 255 Å². The van der Waals surface area contributed by atoms with Crippen molar-refractivity contribution in [2.24, 2.45) is 39.4 Å². The van der Waals surface area contributed by atoms with E-state index in [0.717, 1.165) is 6.08 Å². The first-order chi connectivity index (χ1) is 20.5. The highest BCUT2D eigenvalue weighted by molar-refractivity contribution is 5.89. The summed E-state index contributed by atoms with van der Waals surface area (Å²) < 4.78 is 30.0. The van der Waals surface area contributed by atoms with Crippen molar-refractivity contribution in [3.05, 3.63) is 23.3 Å². The first kappa shape index (κ1) is 31.5. The van der Waals surface area contributed by atoms with E-state index in [4.69, 9.17) is 23.7 Å². The molecule has 0 amide bonds. The number of aldehydes is 1.